The van der Waals surface area contributed by atoms with E-state index in [9.17, 15) is 13.2 Å². The third kappa shape index (κ3) is 4.57. The molecule has 0 amide bonds. The van der Waals surface area contributed by atoms with Gasteiger partial charge in [0.15, 0.2) is 0 Å². The molecule has 10 heteroatoms. The normalized spacial score (nSPS) is 20.4. The molecule has 1 atom stereocenters. The van der Waals surface area contributed by atoms with Crippen molar-refractivity contribution in [3.05, 3.63) is 53.7 Å². The number of aromatic nitrogens is 1. The molecule has 2 aliphatic heterocycles. The molecule has 1 aromatic heterocycles. The number of morpholine rings is 2. The topological polar surface area (TPSA) is 98.3 Å². The van der Waals surface area contributed by atoms with Crippen LogP contribution in [0, 0.1) is 0 Å². The zero-order valence-corrected chi connectivity index (χ0v) is 18.1. The second-order valence-electron chi connectivity index (χ2n) is 7.27. The maximum atomic E-state index is 13.5. The van der Waals surface area contributed by atoms with Crippen LogP contribution in [0.15, 0.2) is 47.5 Å². The van der Waals surface area contributed by atoms with Gasteiger partial charge in [0, 0.05) is 32.4 Å². The zero-order chi connectivity index (χ0) is 21.8. The Hall–Kier alpha value is -2.53. The number of nitrogens with zero attached hydrogens (tertiary/aromatic N) is 3. The maximum absolute atomic E-state index is 13.5. The smallest absolute Gasteiger partial charge is 0.339 e. The van der Waals surface area contributed by atoms with Gasteiger partial charge in [-0.05, 0) is 11.6 Å². The van der Waals surface area contributed by atoms with Gasteiger partial charge in [0.25, 0.3) is 0 Å². The number of sulfonamides is 1. The number of hydrogen-bond acceptors (Lipinski definition) is 8. The fraction of sp³-hybridized carbons (Fsp3) is 0.429. The van der Waals surface area contributed by atoms with E-state index in [2.05, 4.69) is 4.98 Å². The fourth-order valence-electron chi connectivity index (χ4n) is 3.73. The first-order chi connectivity index (χ1) is 15.0. The Morgan fingerprint density at radius 3 is 2.58 bits per heavy atom. The molecule has 0 bridgehead atoms. The van der Waals surface area contributed by atoms with E-state index in [4.69, 9.17) is 14.2 Å². The fourth-order valence-corrected chi connectivity index (χ4v) is 5.33. The number of methoxy groups -OCH3 is 1. The van der Waals surface area contributed by atoms with Crippen molar-refractivity contribution in [3.8, 4) is 0 Å². The van der Waals surface area contributed by atoms with Gasteiger partial charge in [-0.3, -0.25) is 0 Å². The van der Waals surface area contributed by atoms with E-state index >= 15 is 0 Å². The molecule has 2 aromatic rings. The van der Waals surface area contributed by atoms with Crippen molar-refractivity contribution in [2.75, 3.05) is 58.0 Å². The van der Waals surface area contributed by atoms with Gasteiger partial charge in [-0.15, -0.1) is 0 Å². The second-order valence-corrected chi connectivity index (χ2v) is 9.18. The molecule has 2 fully saturated rings. The highest BCUT2D eigenvalue weighted by molar-refractivity contribution is 7.89. The third-order valence-corrected chi connectivity index (χ3v) is 7.28. The lowest BCUT2D eigenvalue weighted by molar-refractivity contribution is 0.0393. The Kier molecular flexibility index (Phi) is 6.51. The van der Waals surface area contributed by atoms with Crippen molar-refractivity contribution in [2.24, 2.45) is 0 Å². The molecule has 0 saturated carbocycles. The van der Waals surface area contributed by atoms with Crippen LogP contribution in [-0.4, -0.2) is 76.8 Å². The number of hydrogen-bond donors (Lipinski definition) is 0. The van der Waals surface area contributed by atoms with Crippen LogP contribution in [0.2, 0.25) is 0 Å². The summed E-state index contributed by atoms with van der Waals surface area (Å²) in [6.07, 6.45) is 1.14. The minimum atomic E-state index is -3.89. The highest BCUT2D eigenvalue weighted by atomic mass is 32.2. The Morgan fingerprint density at radius 1 is 1.13 bits per heavy atom. The standard InChI is InChI=1S/C21H25N3O6S/c1-28-21(25)17-13-19(31(26,27)24-8-10-29-11-9-24)20(22-14-17)23-7-12-30-18(15-23)16-5-3-2-4-6-16/h2-6,13-14,18H,7-12,15H2,1H3/t18-/m1/s1. The quantitative estimate of drug-likeness (QED) is 0.636. The van der Waals surface area contributed by atoms with Gasteiger partial charge in [0.05, 0.1) is 32.5 Å². The Balaban J connectivity index is 1.72. The Bertz CT molecular complexity index is 1020. The molecule has 0 N–H and O–H groups in total. The van der Waals surface area contributed by atoms with Gasteiger partial charge in [-0.2, -0.15) is 4.31 Å². The van der Waals surface area contributed by atoms with Crippen LogP contribution in [0.3, 0.4) is 0 Å². The molecule has 2 saturated heterocycles. The summed E-state index contributed by atoms with van der Waals surface area (Å²) in [6.45, 7) is 2.51. The first-order valence-electron chi connectivity index (χ1n) is 10.1. The van der Waals surface area contributed by atoms with E-state index in [0.717, 1.165) is 5.56 Å². The van der Waals surface area contributed by atoms with Gasteiger partial charge in [0.2, 0.25) is 10.0 Å². The van der Waals surface area contributed by atoms with Crippen molar-refractivity contribution in [1.82, 2.24) is 9.29 Å². The van der Waals surface area contributed by atoms with Gasteiger partial charge in [-0.25, -0.2) is 18.2 Å². The van der Waals surface area contributed by atoms with E-state index in [1.165, 1.54) is 23.7 Å². The predicted molar refractivity (Wildman–Crippen MR) is 113 cm³/mol. The SMILES string of the molecule is COC(=O)c1cnc(N2CCO[C@@H](c3ccccc3)C2)c(S(=O)(=O)N2CCOCC2)c1. The average Bonchev–Trinajstić information content (AvgIpc) is 2.84. The molecule has 0 spiro atoms. The van der Waals surface area contributed by atoms with Gasteiger partial charge in [0.1, 0.15) is 16.8 Å². The van der Waals surface area contributed by atoms with E-state index in [0.29, 0.717) is 38.7 Å². The monoisotopic (exact) mass is 447 g/mol. The summed E-state index contributed by atoms with van der Waals surface area (Å²) in [6, 6.07) is 11.1. The van der Waals surface area contributed by atoms with E-state index in [1.807, 2.05) is 35.2 Å². The highest BCUT2D eigenvalue weighted by Gasteiger charge is 2.34. The summed E-state index contributed by atoms with van der Waals surface area (Å²) < 4.78 is 44.3. The molecule has 166 valence electrons. The summed E-state index contributed by atoms with van der Waals surface area (Å²) in [7, 11) is -2.64. The van der Waals surface area contributed by atoms with Gasteiger partial charge >= 0.3 is 5.97 Å². The summed E-state index contributed by atoms with van der Waals surface area (Å²) >= 11 is 0. The number of pyridine rings is 1. The van der Waals surface area contributed by atoms with Crippen LogP contribution < -0.4 is 4.90 Å². The number of benzene rings is 1. The highest BCUT2D eigenvalue weighted by Crippen LogP contribution is 2.31. The molecule has 2 aliphatic rings. The number of carbonyl (C=O) groups excluding carboxylic acids is 1. The molecule has 4 rings (SSSR count). The van der Waals surface area contributed by atoms with Crippen LogP contribution in [0.5, 0.6) is 0 Å². The Morgan fingerprint density at radius 2 is 1.87 bits per heavy atom. The lowest BCUT2D eigenvalue weighted by Gasteiger charge is -2.35. The largest absolute Gasteiger partial charge is 0.465 e. The minimum Gasteiger partial charge on any atom is -0.465 e. The molecule has 0 unspecified atom stereocenters. The molecule has 0 radical (unpaired) electrons. The summed E-state index contributed by atoms with van der Waals surface area (Å²) in [5.74, 6) is -0.329. The maximum Gasteiger partial charge on any atom is 0.339 e. The lowest BCUT2D eigenvalue weighted by atomic mass is 10.1. The summed E-state index contributed by atoms with van der Waals surface area (Å²) in [5, 5.41) is 0. The number of anilines is 1. The van der Waals surface area contributed by atoms with Gasteiger partial charge in [-0.1, -0.05) is 30.3 Å². The van der Waals surface area contributed by atoms with Crippen molar-refractivity contribution < 1.29 is 27.4 Å². The molecular formula is C21H25N3O6S. The molecule has 0 aliphatic carbocycles. The minimum absolute atomic E-state index is 0.00832. The van der Waals surface area contributed by atoms with Crippen LogP contribution in [0.1, 0.15) is 22.0 Å². The van der Waals surface area contributed by atoms with Crippen molar-refractivity contribution in [1.29, 1.82) is 0 Å². The van der Waals surface area contributed by atoms with Crippen LogP contribution in [-0.2, 0) is 24.2 Å². The van der Waals surface area contributed by atoms with E-state index in [1.54, 1.807) is 0 Å². The zero-order valence-electron chi connectivity index (χ0n) is 17.3. The third-order valence-electron chi connectivity index (χ3n) is 5.38. The van der Waals surface area contributed by atoms with E-state index in [-0.39, 0.29) is 29.7 Å². The summed E-state index contributed by atoms with van der Waals surface area (Å²) in [5.41, 5.74) is 1.10. The van der Waals surface area contributed by atoms with Crippen LogP contribution in [0.4, 0.5) is 5.82 Å². The number of rotatable bonds is 5. The number of esters is 1. The second kappa shape index (κ2) is 9.31. The first kappa shape index (κ1) is 21.7. The number of carbonyl (C=O) groups is 1. The van der Waals surface area contributed by atoms with Crippen molar-refractivity contribution in [3.63, 3.8) is 0 Å². The van der Waals surface area contributed by atoms with Crippen molar-refractivity contribution >= 4 is 21.8 Å². The van der Waals surface area contributed by atoms with Crippen molar-refractivity contribution in [2.45, 2.75) is 11.0 Å². The lowest BCUT2D eigenvalue weighted by Crippen LogP contribution is -2.43. The predicted octanol–water partition coefficient (Wildman–Crippen LogP) is 1.47. The van der Waals surface area contributed by atoms with Crippen LogP contribution >= 0.6 is 0 Å². The number of ether oxygens (including phenoxy) is 3. The van der Waals surface area contributed by atoms with E-state index < -0.39 is 16.0 Å². The molecule has 1 aromatic carbocycles. The average molecular weight is 448 g/mol. The van der Waals surface area contributed by atoms with Crippen LogP contribution in [0.25, 0.3) is 0 Å². The first-order valence-corrected chi connectivity index (χ1v) is 11.5. The Labute approximate surface area is 181 Å². The molecule has 9 nitrogen and oxygen atoms in total. The molecular weight excluding hydrogens is 422 g/mol. The molecule has 31 heavy (non-hydrogen) atoms. The molecule has 3 heterocycles. The summed E-state index contributed by atoms with van der Waals surface area (Å²) in [4.78, 5) is 18.4. The van der Waals surface area contributed by atoms with Gasteiger partial charge < -0.3 is 19.1 Å².